The fraction of sp³-hybridized carbons (Fsp3) is 0.150. The highest BCUT2D eigenvalue weighted by Gasteiger charge is 2.10. The average molecular weight is 381 g/mol. The number of ether oxygens (including phenoxy) is 2. The molecule has 0 bridgehead atoms. The second-order valence-electron chi connectivity index (χ2n) is 5.88. The second kappa shape index (κ2) is 8.26. The Morgan fingerprint density at radius 1 is 0.857 bits per heavy atom. The van der Waals surface area contributed by atoms with Crippen molar-refractivity contribution < 1.29 is 14.3 Å². The first-order valence-corrected chi connectivity index (χ1v) is 8.42. The Hall–Kier alpha value is -3.81. The van der Waals surface area contributed by atoms with Crippen LogP contribution in [-0.4, -0.2) is 29.3 Å². The van der Waals surface area contributed by atoms with Crippen molar-refractivity contribution in [2.45, 2.75) is 6.54 Å². The quantitative estimate of drug-likeness (QED) is 0.656. The van der Waals surface area contributed by atoms with E-state index in [2.05, 4.69) is 5.32 Å². The Balaban J connectivity index is 1.77. The molecule has 0 aliphatic heterocycles. The van der Waals surface area contributed by atoms with Crippen molar-refractivity contribution in [1.82, 2.24) is 9.13 Å². The SMILES string of the molecule is COc1ccc(NC(=O)Cn2ccn(-c3ccc(OC)cc3)c(=O)c2=O)cc1. The molecule has 28 heavy (non-hydrogen) atoms. The number of methoxy groups -OCH3 is 2. The van der Waals surface area contributed by atoms with Crippen LogP contribution in [0.3, 0.4) is 0 Å². The van der Waals surface area contributed by atoms with Crippen LogP contribution >= 0.6 is 0 Å². The van der Waals surface area contributed by atoms with Gasteiger partial charge in [-0.1, -0.05) is 0 Å². The lowest BCUT2D eigenvalue weighted by molar-refractivity contribution is -0.116. The molecule has 0 aliphatic rings. The van der Waals surface area contributed by atoms with E-state index in [0.29, 0.717) is 22.9 Å². The summed E-state index contributed by atoms with van der Waals surface area (Å²) in [6.45, 7) is -0.274. The van der Waals surface area contributed by atoms with E-state index in [1.54, 1.807) is 62.8 Å². The third-order valence-corrected chi connectivity index (χ3v) is 4.10. The number of benzene rings is 2. The van der Waals surface area contributed by atoms with Gasteiger partial charge in [-0.05, 0) is 48.5 Å². The average Bonchev–Trinajstić information content (AvgIpc) is 2.72. The minimum Gasteiger partial charge on any atom is -0.497 e. The number of aromatic nitrogens is 2. The van der Waals surface area contributed by atoms with Crippen LogP contribution in [0.25, 0.3) is 5.69 Å². The smallest absolute Gasteiger partial charge is 0.320 e. The van der Waals surface area contributed by atoms with Gasteiger partial charge in [-0.15, -0.1) is 0 Å². The van der Waals surface area contributed by atoms with Crippen LogP contribution in [0.5, 0.6) is 11.5 Å². The maximum atomic E-state index is 12.4. The van der Waals surface area contributed by atoms with Gasteiger partial charge in [-0.2, -0.15) is 0 Å². The Morgan fingerprint density at radius 3 is 2.00 bits per heavy atom. The zero-order valence-corrected chi connectivity index (χ0v) is 15.4. The Morgan fingerprint density at radius 2 is 1.43 bits per heavy atom. The van der Waals surface area contributed by atoms with E-state index in [1.807, 2.05) is 0 Å². The molecule has 3 rings (SSSR count). The molecule has 0 radical (unpaired) electrons. The molecular formula is C20H19N3O5. The lowest BCUT2D eigenvalue weighted by atomic mass is 10.3. The van der Waals surface area contributed by atoms with E-state index in [1.165, 1.54) is 17.0 Å². The molecule has 8 nitrogen and oxygen atoms in total. The van der Waals surface area contributed by atoms with E-state index in [9.17, 15) is 14.4 Å². The summed E-state index contributed by atoms with van der Waals surface area (Å²) in [7, 11) is 3.09. The number of nitrogens with zero attached hydrogens (tertiary/aromatic N) is 2. The highest BCUT2D eigenvalue weighted by molar-refractivity contribution is 5.90. The van der Waals surface area contributed by atoms with Crippen LogP contribution in [0.1, 0.15) is 0 Å². The van der Waals surface area contributed by atoms with Gasteiger partial charge in [0.15, 0.2) is 0 Å². The van der Waals surface area contributed by atoms with Gasteiger partial charge in [0.05, 0.1) is 14.2 Å². The van der Waals surface area contributed by atoms with Crippen molar-refractivity contribution in [3.05, 3.63) is 81.6 Å². The van der Waals surface area contributed by atoms with E-state index in [4.69, 9.17) is 9.47 Å². The molecule has 0 unspecified atom stereocenters. The van der Waals surface area contributed by atoms with Crippen molar-refractivity contribution in [2.24, 2.45) is 0 Å². The number of amides is 1. The highest BCUT2D eigenvalue weighted by atomic mass is 16.5. The molecule has 0 atom stereocenters. The third-order valence-electron chi connectivity index (χ3n) is 4.10. The van der Waals surface area contributed by atoms with Gasteiger partial charge >= 0.3 is 11.1 Å². The first kappa shape index (κ1) is 19.0. The first-order valence-electron chi connectivity index (χ1n) is 8.42. The van der Waals surface area contributed by atoms with Gasteiger partial charge in [0.2, 0.25) is 5.91 Å². The predicted molar refractivity (Wildman–Crippen MR) is 104 cm³/mol. The van der Waals surface area contributed by atoms with Crippen LogP contribution in [0.4, 0.5) is 5.69 Å². The van der Waals surface area contributed by atoms with Gasteiger partial charge < -0.3 is 14.8 Å². The lowest BCUT2D eigenvalue weighted by Gasteiger charge is -2.10. The van der Waals surface area contributed by atoms with Crippen LogP contribution in [-0.2, 0) is 11.3 Å². The summed E-state index contributed by atoms with van der Waals surface area (Å²) in [5.41, 5.74) is -0.448. The number of anilines is 1. The molecule has 1 amide bonds. The van der Waals surface area contributed by atoms with Crippen molar-refractivity contribution in [3.63, 3.8) is 0 Å². The zero-order valence-electron chi connectivity index (χ0n) is 15.4. The molecule has 0 aliphatic carbocycles. The number of nitrogens with one attached hydrogen (secondary N) is 1. The third kappa shape index (κ3) is 4.12. The summed E-state index contributed by atoms with van der Waals surface area (Å²) in [5, 5.41) is 2.67. The van der Waals surface area contributed by atoms with Crippen LogP contribution < -0.4 is 25.9 Å². The number of rotatable bonds is 6. The van der Waals surface area contributed by atoms with Crippen molar-refractivity contribution in [1.29, 1.82) is 0 Å². The fourth-order valence-corrected chi connectivity index (χ4v) is 2.61. The summed E-state index contributed by atoms with van der Waals surface area (Å²) in [5.74, 6) is 0.880. The standard InChI is InChI=1S/C20H19N3O5/c1-27-16-7-3-14(4-8-16)21-18(24)13-22-11-12-23(20(26)19(22)25)15-5-9-17(28-2)10-6-15/h3-12H,13H2,1-2H3,(H,21,24). The van der Waals surface area contributed by atoms with Gasteiger partial charge in [0, 0.05) is 23.8 Å². The van der Waals surface area contributed by atoms with E-state index in [0.717, 1.165) is 4.57 Å². The summed E-state index contributed by atoms with van der Waals surface area (Å²) >= 11 is 0. The van der Waals surface area contributed by atoms with Crippen molar-refractivity contribution >= 4 is 11.6 Å². The molecular weight excluding hydrogens is 362 g/mol. The predicted octanol–water partition coefficient (Wildman–Crippen LogP) is 1.66. The van der Waals surface area contributed by atoms with Gasteiger partial charge in [-0.3, -0.25) is 23.5 Å². The van der Waals surface area contributed by atoms with Gasteiger partial charge in [0.25, 0.3) is 0 Å². The maximum absolute atomic E-state index is 12.4. The zero-order chi connectivity index (χ0) is 20.1. The van der Waals surface area contributed by atoms with Crippen LogP contribution in [0, 0.1) is 0 Å². The number of hydrogen-bond acceptors (Lipinski definition) is 5. The van der Waals surface area contributed by atoms with E-state index >= 15 is 0 Å². The number of hydrogen-bond donors (Lipinski definition) is 1. The summed E-state index contributed by atoms with van der Waals surface area (Å²) in [6, 6.07) is 13.5. The summed E-state index contributed by atoms with van der Waals surface area (Å²) in [6.07, 6.45) is 2.85. The molecule has 1 N–H and O–H groups in total. The van der Waals surface area contributed by atoms with Gasteiger partial charge in [-0.25, -0.2) is 0 Å². The second-order valence-corrected chi connectivity index (χ2v) is 5.88. The molecule has 0 fully saturated rings. The van der Waals surface area contributed by atoms with E-state index < -0.39 is 17.0 Å². The Labute approximate surface area is 160 Å². The summed E-state index contributed by atoms with van der Waals surface area (Å²) < 4.78 is 12.4. The maximum Gasteiger partial charge on any atom is 0.320 e. The Kier molecular flexibility index (Phi) is 5.59. The molecule has 0 saturated heterocycles. The van der Waals surface area contributed by atoms with Crippen LogP contribution in [0.2, 0.25) is 0 Å². The molecule has 2 aromatic carbocycles. The normalized spacial score (nSPS) is 10.4. The highest BCUT2D eigenvalue weighted by Crippen LogP contribution is 2.15. The molecule has 8 heteroatoms. The molecule has 144 valence electrons. The monoisotopic (exact) mass is 381 g/mol. The molecule has 3 aromatic rings. The number of carbonyl (C=O) groups is 1. The molecule has 0 spiro atoms. The van der Waals surface area contributed by atoms with Crippen LogP contribution in [0.15, 0.2) is 70.5 Å². The topological polar surface area (TPSA) is 91.6 Å². The van der Waals surface area contributed by atoms with E-state index in [-0.39, 0.29) is 6.54 Å². The fourth-order valence-electron chi connectivity index (χ4n) is 2.61. The number of carbonyl (C=O) groups excluding carboxylic acids is 1. The molecule has 1 aromatic heterocycles. The molecule has 0 saturated carbocycles. The van der Waals surface area contributed by atoms with Gasteiger partial charge in [0.1, 0.15) is 18.0 Å². The van der Waals surface area contributed by atoms with Crippen molar-refractivity contribution in [3.8, 4) is 17.2 Å². The minimum absolute atomic E-state index is 0.274. The Bertz CT molecular complexity index is 1080. The van der Waals surface area contributed by atoms with Crippen molar-refractivity contribution in [2.75, 3.05) is 19.5 Å². The lowest BCUT2D eigenvalue weighted by Crippen LogP contribution is -2.41. The largest absolute Gasteiger partial charge is 0.497 e. The summed E-state index contributed by atoms with van der Waals surface area (Å²) in [4.78, 5) is 37.0. The first-order chi connectivity index (χ1) is 13.5. The molecule has 1 heterocycles. The minimum atomic E-state index is -0.789.